The molecule has 0 aliphatic carbocycles. The number of hydrogen-bond acceptors (Lipinski definition) is 4. The predicted octanol–water partition coefficient (Wildman–Crippen LogP) is -1.03. The summed E-state index contributed by atoms with van der Waals surface area (Å²) in [6.07, 6.45) is 2.68. The lowest BCUT2D eigenvalue weighted by Crippen LogP contribution is -2.39. The highest BCUT2D eigenvalue weighted by molar-refractivity contribution is 4.77. The van der Waals surface area contributed by atoms with Crippen molar-refractivity contribution in [2.24, 2.45) is 0 Å². The smallest absolute Gasteiger partial charge is 0.182 e. The Morgan fingerprint density at radius 3 is 2.75 bits per heavy atom. The minimum absolute atomic E-state index is 0.587. The Morgan fingerprint density at radius 2 is 2.50 bits per heavy atom. The highest BCUT2D eigenvalue weighted by Crippen LogP contribution is 1.85. The van der Waals surface area contributed by atoms with E-state index < -0.39 is 5.03 Å². The molecule has 0 saturated carbocycles. The Bertz CT molecular complexity index is 132. The van der Waals surface area contributed by atoms with E-state index in [0.29, 0.717) is 5.12 Å². The van der Waals surface area contributed by atoms with Gasteiger partial charge in [-0.25, -0.2) is 10.1 Å². The van der Waals surface area contributed by atoms with E-state index in [4.69, 9.17) is 0 Å². The van der Waals surface area contributed by atoms with E-state index >= 15 is 0 Å². The van der Waals surface area contributed by atoms with Gasteiger partial charge in [-0.2, -0.15) is 0 Å². The number of rotatable bonds is 1. The molecule has 6 heteroatoms. The maximum Gasteiger partial charge on any atom is 0.182 e. The standard InChI is InChI=1S/C2H4N4O2/c7-6(8)5-2-1-3-4-5/h1-4H. The summed E-state index contributed by atoms with van der Waals surface area (Å²) in [5.74, 6) is 0. The zero-order valence-electron chi connectivity index (χ0n) is 3.87. The fourth-order valence-electron chi connectivity index (χ4n) is 0.344. The molecule has 0 aromatic heterocycles. The van der Waals surface area contributed by atoms with Crippen LogP contribution >= 0.6 is 0 Å². The maximum absolute atomic E-state index is 9.78. The lowest BCUT2D eigenvalue weighted by molar-refractivity contribution is -0.653. The second-order valence-corrected chi connectivity index (χ2v) is 1.15. The molecule has 1 heterocycles. The van der Waals surface area contributed by atoms with Gasteiger partial charge in [0.1, 0.15) is 6.20 Å². The van der Waals surface area contributed by atoms with Crippen molar-refractivity contribution in [1.82, 2.24) is 16.1 Å². The molecule has 1 aliphatic heterocycles. The van der Waals surface area contributed by atoms with E-state index in [-0.39, 0.29) is 0 Å². The maximum atomic E-state index is 9.78. The van der Waals surface area contributed by atoms with Crippen molar-refractivity contribution in [3.63, 3.8) is 0 Å². The lowest BCUT2D eigenvalue weighted by atomic mass is 11.0. The van der Waals surface area contributed by atoms with Gasteiger partial charge in [-0.1, -0.05) is 5.53 Å². The molecule has 0 fully saturated rings. The molecule has 0 saturated heterocycles. The molecule has 0 radical (unpaired) electrons. The number of nitrogens with zero attached hydrogens (tertiary/aromatic N) is 2. The monoisotopic (exact) mass is 116 g/mol. The summed E-state index contributed by atoms with van der Waals surface area (Å²) < 4.78 is 0. The number of nitrogens with one attached hydrogen (secondary N) is 2. The molecule has 0 aromatic carbocycles. The molecule has 44 valence electrons. The van der Waals surface area contributed by atoms with Crippen molar-refractivity contribution < 1.29 is 5.03 Å². The van der Waals surface area contributed by atoms with Crippen LogP contribution in [0.1, 0.15) is 0 Å². The van der Waals surface area contributed by atoms with Gasteiger partial charge in [-0.05, 0) is 5.12 Å². The average molecular weight is 116 g/mol. The quantitative estimate of drug-likeness (QED) is 0.338. The van der Waals surface area contributed by atoms with E-state index in [1.165, 1.54) is 12.4 Å². The summed E-state index contributed by atoms with van der Waals surface area (Å²) in [4.78, 5) is 9.78. The summed E-state index contributed by atoms with van der Waals surface area (Å²) in [7, 11) is 0. The van der Waals surface area contributed by atoms with Crippen molar-refractivity contribution in [1.29, 1.82) is 0 Å². The summed E-state index contributed by atoms with van der Waals surface area (Å²) in [5, 5.41) is 9.90. The van der Waals surface area contributed by atoms with Crippen LogP contribution in [-0.4, -0.2) is 10.2 Å². The second-order valence-electron chi connectivity index (χ2n) is 1.15. The molecular weight excluding hydrogens is 112 g/mol. The molecule has 0 amide bonds. The molecule has 8 heavy (non-hydrogen) atoms. The average Bonchev–Trinajstić information content (AvgIpc) is 2.12. The van der Waals surface area contributed by atoms with Gasteiger partial charge in [0, 0.05) is 6.20 Å². The molecule has 6 nitrogen and oxygen atoms in total. The largest absolute Gasteiger partial charge is 0.305 e. The van der Waals surface area contributed by atoms with Gasteiger partial charge in [-0.3, -0.25) is 0 Å². The van der Waals surface area contributed by atoms with Crippen molar-refractivity contribution in [3.05, 3.63) is 22.5 Å². The number of hydrazine groups is 3. The molecule has 0 unspecified atom stereocenters. The van der Waals surface area contributed by atoms with E-state index in [2.05, 4.69) is 11.0 Å². The fourth-order valence-corrected chi connectivity index (χ4v) is 0.344. The lowest BCUT2D eigenvalue weighted by Gasteiger charge is -2.00. The number of hydrogen-bond donors (Lipinski definition) is 2. The van der Waals surface area contributed by atoms with Gasteiger partial charge >= 0.3 is 0 Å². The van der Waals surface area contributed by atoms with Gasteiger partial charge in [0.15, 0.2) is 5.03 Å². The molecule has 1 aliphatic rings. The molecule has 0 atom stereocenters. The molecule has 0 aromatic rings. The van der Waals surface area contributed by atoms with Crippen LogP contribution in [0.4, 0.5) is 0 Å². The van der Waals surface area contributed by atoms with Crippen molar-refractivity contribution >= 4 is 0 Å². The topological polar surface area (TPSA) is 70.4 Å². The molecule has 1 rings (SSSR count). The van der Waals surface area contributed by atoms with Crippen molar-refractivity contribution in [2.75, 3.05) is 0 Å². The Morgan fingerprint density at radius 1 is 1.75 bits per heavy atom. The summed E-state index contributed by atoms with van der Waals surface area (Å²) in [6, 6.07) is 0. The van der Waals surface area contributed by atoms with Crippen molar-refractivity contribution in [3.8, 4) is 0 Å². The Hall–Kier alpha value is -1.30. The van der Waals surface area contributed by atoms with Crippen LogP contribution in [0.5, 0.6) is 0 Å². The Balaban J connectivity index is 2.48. The van der Waals surface area contributed by atoms with E-state index in [9.17, 15) is 10.1 Å². The zero-order valence-corrected chi connectivity index (χ0v) is 3.87. The Labute approximate surface area is 44.8 Å². The SMILES string of the molecule is O=[N+]([O-])N1C=CNN1. The first-order chi connectivity index (χ1) is 3.80. The van der Waals surface area contributed by atoms with E-state index in [1.54, 1.807) is 0 Å². The van der Waals surface area contributed by atoms with Gasteiger partial charge < -0.3 is 5.43 Å². The third-order valence-electron chi connectivity index (χ3n) is 0.654. The fraction of sp³-hybridized carbons (Fsp3) is 0. The van der Waals surface area contributed by atoms with Crippen LogP contribution in [0.25, 0.3) is 0 Å². The first-order valence-corrected chi connectivity index (χ1v) is 1.92. The van der Waals surface area contributed by atoms with Gasteiger partial charge in [0.2, 0.25) is 0 Å². The van der Waals surface area contributed by atoms with E-state index in [1.807, 2.05) is 0 Å². The van der Waals surface area contributed by atoms with Gasteiger partial charge in [0.05, 0.1) is 0 Å². The third kappa shape index (κ3) is 0.684. The van der Waals surface area contributed by atoms with Gasteiger partial charge in [-0.15, -0.1) is 0 Å². The Kier molecular flexibility index (Phi) is 1.01. The highest BCUT2D eigenvalue weighted by atomic mass is 16.7. The summed E-state index contributed by atoms with van der Waals surface area (Å²) >= 11 is 0. The first kappa shape index (κ1) is 4.85. The highest BCUT2D eigenvalue weighted by Gasteiger charge is 2.11. The zero-order chi connectivity index (χ0) is 5.98. The molecular formula is C2H4N4O2. The molecule has 0 bridgehead atoms. The first-order valence-electron chi connectivity index (χ1n) is 1.92. The second kappa shape index (κ2) is 1.66. The van der Waals surface area contributed by atoms with Crippen LogP contribution in [0, 0.1) is 10.1 Å². The molecule has 0 spiro atoms. The summed E-state index contributed by atoms with van der Waals surface area (Å²) in [5.41, 5.74) is 4.64. The minimum atomic E-state index is -0.587. The summed E-state index contributed by atoms with van der Waals surface area (Å²) in [6.45, 7) is 0. The minimum Gasteiger partial charge on any atom is -0.305 e. The van der Waals surface area contributed by atoms with Crippen LogP contribution in [0.15, 0.2) is 12.4 Å². The predicted molar refractivity (Wildman–Crippen MR) is 24.2 cm³/mol. The molecule has 2 N–H and O–H groups in total. The van der Waals surface area contributed by atoms with Crippen LogP contribution < -0.4 is 11.0 Å². The number of nitro groups is 1. The normalized spacial score (nSPS) is 16.2. The third-order valence-corrected chi connectivity index (χ3v) is 0.654. The van der Waals surface area contributed by atoms with Crippen molar-refractivity contribution in [2.45, 2.75) is 0 Å². The van der Waals surface area contributed by atoms with Crippen LogP contribution in [-0.2, 0) is 0 Å². The van der Waals surface area contributed by atoms with Crippen LogP contribution in [0.3, 0.4) is 0 Å². The van der Waals surface area contributed by atoms with E-state index in [0.717, 1.165) is 0 Å². The van der Waals surface area contributed by atoms with Crippen LogP contribution in [0.2, 0.25) is 0 Å². The van der Waals surface area contributed by atoms with Gasteiger partial charge in [0.25, 0.3) is 0 Å².